The molecule has 1 aromatic carbocycles. The van der Waals surface area contributed by atoms with E-state index in [0.29, 0.717) is 6.04 Å². The summed E-state index contributed by atoms with van der Waals surface area (Å²) < 4.78 is 0. The molecule has 3 rings (SSSR count). The van der Waals surface area contributed by atoms with Gasteiger partial charge in [0.1, 0.15) is 5.82 Å². The minimum absolute atomic E-state index is 0.598. The van der Waals surface area contributed by atoms with Gasteiger partial charge < -0.3 is 10.6 Å². The average Bonchev–Trinajstić information content (AvgIpc) is 2.56. The minimum Gasteiger partial charge on any atom is -0.352 e. The second-order valence-electron chi connectivity index (χ2n) is 5.84. The molecule has 0 aliphatic heterocycles. The number of benzene rings is 1. The minimum atomic E-state index is 0.598. The molecule has 1 heterocycles. The van der Waals surface area contributed by atoms with E-state index in [1.165, 1.54) is 32.1 Å². The van der Waals surface area contributed by atoms with E-state index < -0.39 is 0 Å². The van der Waals surface area contributed by atoms with Crippen LogP contribution in [0.1, 0.15) is 38.5 Å². The number of para-hydroxylation sites is 2. The number of nitrogens with two attached hydrogens (primary N) is 1. The lowest BCUT2D eigenvalue weighted by atomic mass is 9.94. The van der Waals surface area contributed by atoms with Crippen LogP contribution in [0.2, 0.25) is 0 Å². The molecule has 1 saturated carbocycles. The number of anilines is 1. The van der Waals surface area contributed by atoms with Crippen molar-refractivity contribution in [1.29, 1.82) is 0 Å². The quantitative estimate of drug-likeness (QED) is 0.916. The van der Waals surface area contributed by atoms with Crippen molar-refractivity contribution >= 4 is 16.9 Å². The van der Waals surface area contributed by atoms with Crippen LogP contribution in [-0.4, -0.2) is 29.1 Å². The Bertz CT molecular complexity index is 578. The van der Waals surface area contributed by atoms with Crippen molar-refractivity contribution in [3.05, 3.63) is 30.5 Å². The second kappa shape index (κ2) is 6.85. The molecule has 1 aliphatic rings. The van der Waals surface area contributed by atoms with E-state index in [2.05, 4.69) is 9.88 Å². The molecule has 2 N–H and O–H groups in total. The number of nitrogens with zero attached hydrogens (tertiary/aromatic N) is 3. The summed E-state index contributed by atoms with van der Waals surface area (Å²) in [6, 6.07) is 8.67. The van der Waals surface area contributed by atoms with Gasteiger partial charge in [0.25, 0.3) is 0 Å². The smallest absolute Gasteiger partial charge is 0.148 e. The van der Waals surface area contributed by atoms with E-state index in [4.69, 9.17) is 10.7 Å². The number of fused-ring (bicyclic) bond motifs is 1. The molecule has 1 fully saturated rings. The largest absolute Gasteiger partial charge is 0.352 e. The molecule has 0 spiro atoms. The lowest BCUT2D eigenvalue weighted by molar-refractivity contribution is 0.411. The maximum Gasteiger partial charge on any atom is 0.148 e. The average molecular weight is 284 g/mol. The molecular weight excluding hydrogens is 260 g/mol. The van der Waals surface area contributed by atoms with Crippen LogP contribution in [0.5, 0.6) is 0 Å². The molecule has 4 heteroatoms. The molecule has 1 aromatic heterocycles. The summed E-state index contributed by atoms with van der Waals surface area (Å²) >= 11 is 0. The zero-order valence-electron chi connectivity index (χ0n) is 12.5. The highest BCUT2D eigenvalue weighted by atomic mass is 15.2. The van der Waals surface area contributed by atoms with E-state index in [1.54, 1.807) is 0 Å². The van der Waals surface area contributed by atoms with Crippen molar-refractivity contribution in [1.82, 2.24) is 9.97 Å². The summed E-state index contributed by atoms with van der Waals surface area (Å²) in [4.78, 5) is 11.8. The fourth-order valence-electron chi connectivity index (χ4n) is 3.22. The Hall–Kier alpha value is -1.68. The van der Waals surface area contributed by atoms with Gasteiger partial charge in [0, 0.05) is 12.6 Å². The standard InChI is InChI=1S/C17H24N4/c18-11-6-12-21(14-7-2-1-3-8-14)17-13-19-15-9-4-5-10-16(15)20-17/h4-5,9-10,13-14H,1-3,6-8,11-12,18H2. The Morgan fingerprint density at radius 2 is 1.86 bits per heavy atom. The lowest BCUT2D eigenvalue weighted by Crippen LogP contribution is -2.39. The topological polar surface area (TPSA) is 55.0 Å². The van der Waals surface area contributed by atoms with Crippen LogP contribution >= 0.6 is 0 Å². The van der Waals surface area contributed by atoms with E-state index >= 15 is 0 Å². The summed E-state index contributed by atoms with van der Waals surface area (Å²) in [5.74, 6) is 1.01. The lowest BCUT2D eigenvalue weighted by Gasteiger charge is -2.35. The SMILES string of the molecule is NCCCN(c1cnc2ccccc2n1)C1CCCCC1. The molecule has 0 unspecified atom stereocenters. The van der Waals surface area contributed by atoms with Gasteiger partial charge in [-0.1, -0.05) is 31.4 Å². The summed E-state index contributed by atoms with van der Waals surface area (Å²) in [7, 11) is 0. The zero-order chi connectivity index (χ0) is 14.5. The van der Waals surface area contributed by atoms with Gasteiger partial charge in [0.05, 0.1) is 17.2 Å². The van der Waals surface area contributed by atoms with Crippen molar-refractivity contribution in [2.45, 2.75) is 44.6 Å². The van der Waals surface area contributed by atoms with E-state index in [9.17, 15) is 0 Å². The third-order valence-electron chi connectivity index (χ3n) is 4.35. The zero-order valence-corrected chi connectivity index (χ0v) is 12.5. The fraction of sp³-hybridized carbons (Fsp3) is 0.529. The van der Waals surface area contributed by atoms with Gasteiger partial charge in [-0.2, -0.15) is 0 Å². The summed E-state index contributed by atoms with van der Waals surface area (Å²) in [6.07, 6.45) is 9.47. The van der Waals surface area contributed by atoms with Crippen LogP contribution in [-0.2, 0) is 0 Å². The van der Waals surface area contributed by atoms with Crippen LogP contribution in [0, 0.1) is 0 Å². The predicted octanol–water partition coefficient (Wildman–Crippen LogP) is 3.12. The van der Waals surface area contributed by atoms with Gasteiger partial charge in [0.2, 0.25) is 0 Å². The molecule has 0 radical (unpaired) electrons. The van der Waals surface area contributed by atoms with Gasteiger partial charge in [-0.25, -0.2) is 4.98 Å². The third-order valence-corrected chi connectivity index (χ3v) is 4.35. The Kier molecular flexibility index (Phi) is 4.65. The van der Waals surface area contributed by atoms with Crippen molar-refractivity contribution in [2.24, 2.45) is 5.73 Å². The van der Waals surface area contributed by atoms with Crippen LogP contribution in [0.15, 0.2) is 30.5 Å². The van der Waals surface area contributed by atoms with Crippen LogP contribution in [0.25, 0.3) is 11.0 Å². The molecule has 0 bridgehead atoms. The first-order valence-corrected chi connectivity index (χ1v) is 8.07. The number of hydrogen-bond donors (Lipinski definition) is 1. The van der Waals surface area contributed by atoms with Crippen LogP contribution in [0.4, 0.5) is 5.82 Å². The molecule has 2 aromatic rings. The Labute approximate surface area is 126 Å². The predicted molar refractivity (Wildman–Crippen MR) is 87.4 cm³/mol. The number of rotatable bonds is 5. The monoisotopic (exact) mass is 284 g/mol. The molecular formula is C17H24N4. The van der Waals surface area contributed by atoms with Crippen molar-refractivity contribution in [3.8, 4) is 0 Å². The van der Waals surface area contributed by atoms with Gasteiger partial charge >= 0.3 is 0 Å². The molecule has 112 valence electrons. The highest BCUT2D eigenvalue weighted by molar-refractivity contribution is 5.75. The molecule has 1 aliphatic carbocycles. The first-order chi connectivity index (χ1) is 10.4. The molecule has 0 amide bonds. The maximum absolute atomic E-state index is 5.71. The van der Waals surface area contributed by atoms with Crippen molar-refractivity contribution in [3.63, 3.8) is 0 Å². The molecule has 0 saturated heterocycles. The first kappa shape index (κ1) is 14.3. The Morgan fingerprint density at radius 1 is 1.10 bits per heavy atom. The van der Waals surface area contributed by atoms with Gasteiger partial charge in [-0.05, 0) is 37.9 Å². The number of hydrogen-bond acceptors (Lipinski definition) is 4. The maximum atomic E-state index is 5.71. The van der Waals surface area contributed by atoms with E-state index in [1.807, 2.05) is 30.5 Å². The summed E-state index contributed by atoms with van der Waals surface area (Å²) in [5.41, 5.74) is 7.65. The number of aromatic nitrogens is 2. The van der Waals surface area contributed by atoms with Crippen molar-refractivity contribution in [2.75, 3.05) is 18.0 Å². The van der Waals surface area contributed by atoms with Gasteiger partial charge in [0.15, 0.2) is 0 Å². The van der Waals surface area contributed by atoms with E-state index in [-0.39, 0.29) is 0 Å². The van der Waals surface area contributed by atoms with E-state index in [0.717, 1.165) is 36.4 Å². The highest BCUT2D eigenvalue weighted by Gasteiger charge is 2.22. The van der Waals surface area contributed by atoms with Crippen molar-refractivity contribution < 1.29 is 0 Å². The normalized spacial score (nSPS) is 16.2. The van der Waals surface area contributed by atoms with Gasteiger partial charge in [-0.3, -0.25) is 4.98 Å². The highest BCUT2D eigenvalue weighted by Crippen LogP contribution is 2.27. The first-order valence-electron chi connectivity index (χ1n) is 8.07. The fourth-order valence-corrected chi connectivity index (χ4v) is 3.22. The Balaban J connectivity index is 1.88. The molecule has 21 heavy (non-hydrogen) atoms. The van der Waals surface area contributed by atoms with Gasteiger partial charge in [-0.15, -0.1) is 0 Å². The van der Waals surface area contributed by atoms with Crippen LogP contribution in [0.3, 0.4) is 0 Å². The summed E-state index contributed by atoms with van der Waals surface area (Å²) in [6.45, 7) is 1.71. The third kappa shape index (κ3) is 3.32. The molecule has 0 atom stereocenters. The second-order valence-corrected chi connectivity index (χ2v) is 5.84. The molecule has 4 nitrogen and oxygen atoms in total. The van der Waals surface area contributed by atoms with Crippen LogP contribution < -0.4 is 10.6 Å². The summed E-state index contributed by atoms with van der Waals surface area (Å²) in [5, 5.41) is 0. The Morgan fingerprint density at radius 3 is 2.62 bits per heavy atom.